The molecule has 2 rings (SSSR count). The summed E-state index contributed by atoms with van der Waals surface area (Å²) in [5.41, 5.74) is 0. The third-order valence-corrected chi connectivity index (χ3v) is 3.60. The van der Waals surface area contributed by atoms with Crippen molar-refractivity contribution in [1.82, 2.24) is 20.2 Å². The standard InChI is InChI=1S/C12H13BrN4OS/c1-2-6-17-12(14-15-16-17)19-8-7-18-11-5-3-4-10(13)9-11/h2-5,9H,1,6-8H2. The van der Waals surface area contributed by atoms with Gasteiger partial charge < -0.3 is 4.74 Å². The Morgan fingerprint density at radius 1 is 1.47 bits per heavy atom. The number of hydrogen-bond acceptors (Lipinski definition) is 5. The number of benzene rings is 1. The first-order valence-corrected chi connectivity index (χ1v) is 7.45. The zero-order valence-corrected chi connectivity index (χ0v) is 12.6. The Morgan fingerprint density at radius 2 is 2.37 bits per heavy atom. The van der Waals surface area contributed by atoms with Crippen molar-refractivity contribution < 1.29 is 4.74 Å². The quantitative estimate of drug-likeness (QED) is 0.440. The Morgan fingerprint density at radius 3 is 3.16 bits per heavy atom. The molecule has 7 heteroatoms. The highest BCUT2D eigenvalue weighted by Crippen LogP contribution is 2.19. The van der Waals surface area contributed by atoms with Crippen LogP contribution in [-0.4, -0.2) is 32.6 Å². The molecule has 19 heavy (non-hydrogen) atoms. The van der Waals surface area contributed by atoms with Gasteiger partial charge in [0.25, 0.3) is 0 Å². The monoisotopic (exact) mass is 340 g/mol. The first kappa shape index (κ1) is 14.1. The normalized spacial score (nSPS) is 10.4. The lowest BCUT2D eigenvalue weighted by molar-refractivity contribution is 0.343. The molecule has 0 spiro atoms. The molecule has 0 fully saturated rings. The van der Waals surface area contributed by atoms with E-state index in [0.717, 1.165) is 21.1 Å². The summed E-state index contributed by atoms with van der Waals surface area (Å²) in [5, 5.41) is 12.2. The number of tetrazole rings is 1. The number of halogens is 1. The van der Waals surface area contributed by atoms with Gasteiger partial charge in [0.1, 0.15) is 5.75 Å². The van der Waals surface area contributed by atoms with Crippen LogP contribution in [0.1, 0.15) is 0 Å². The third-order valence-electron chi connectivity index (χ3n) is 2.18. The molecule has 0 aliphatic rings. The molecular formula is C12H13BrN4OS. The SMILES string of the molecule is C=CCn1nnnc1SCCOc1cccc(Br)c1. The molecule has 0 bridgehead atoms. The smallest absolute Gasteiger partial charge is 0.209 e. The lowest BCUT2D eigenvalue weighted by Crippen LogP contribution is -2.03. The van der Waals surface area contributed by atoms with E-state index in [4.69, 9.17) is 4.74 Å². The summed E-state index contributed by atoms with van der Waals surface area (Å²) < 4.78 is 8.35. The molecule has 0 atom stereocenters. The van der Waals surface area contributed by atoms with Gasteiger partial charge in [-0.25, -0.2) is 4.68 Å². The number of rotatable bonds is 7. The van der Waals surface area contributed by atoms with Crippen molar-refractivity contribution in [1.29, 1.82) is 0 Å². The molecule has 2 aromatic rings. The van der Waals surface area contributed by atoms with E-state index in [9.17, 15) is 0 Å². The van der Waals surface area contributed by atoms with Crippen molar-refractivity contribution in [3.8, 4) is 5.75 Å². The third kappa shape index (κ3) is 4.36. The molecule has 0 amide bonds. The Labute approximate surface area is 124 Å². The maximum atomic E-state index is 5.64. The van der Waals surface area contributed by atoms with Gasteiger partial charge in [-0.3, -0.25) is 0 Å². The summed E-state index contributed by atoms with van der Waals surface area (Å²) in [4.78, 5) is 0. The molecule has 0 aliphatic carbocycles. The number of nitrogens with zero attached hydrogens (tertiary/aromatic N) is 4. The van der Waals surface area contributed by atoms with E-state index in [0.29, 0.717) is 13.2 Å². The summed E-state index contributed by atoms with van der Waals surface area (Å²) in [7, 11) is 0. The molecule has 0 unspecified atom stereocenters. The minimum atomic E-state index is 0.599. The molecule has 1 aromatic heterocycles. The van der Waals surface area contributed by atoms with Gasteiger partial charge in [0.05, 0.1) is 13.2 Å². The average Bonchev–Trinajstić information content (AvgIpc) is 2.83. The Bertz CT molecular complexity index is 546. The van der Waals surface area contributed by atoms with Crippen molar-refractivity contribution in [2.75, 3.05) is 12.4 Å². The van der Waals surface area contributed by atoms with Gasteiger partial charge in [-0.1, -0.05) is 39.8 Å². The first-order chi connectivity index (χ1) is 9.29. The van der Waals surface area contributed by atoms with E-state index in [-0.39, 0.29) is 0 Å². The maximum absolute atomic E-state index is 5.64. The summed E-state index contributed by atoms with van der Waals surface area (Å²) in [5.74, 6) is 1.63. The van der Waals surface area contributed by atoms with Crippen LogP contribution >= 0.6 is 27.7 Å². The number of ether oxygens (including phenoxy) is 1. The van der Waals surface area contributed by atoms with Crippen LogP contribution in [0.3, 0.4) is 0 Å². The zero-order valence-electron chi connectivity index (χ0n) is 10.2. The van der Waals surface area contributed by atoms with Crippen LogP contribution in [0.15, 0.2) is 46.5 Å². The summed E-state index contributed by atoms with van der Waals surface area (Å²) >= 11 is 4.96. The second-order valence-electron chi connectivity index (χ2n) is 3.59. The maximum Gasteiger partial charge on any atom is 0.209 e. The second kappa shape index (κ2) is 7.30. The van der Waals surface area contributed by atoms with Crippen LogP contribution in [0.5, 0.6) is 5.75 Å². The van der Waals surface area contributed by atoms with Crippen LogP contribution in [0, 0.1) is 0 Å². The summed E-state index contributed by atoms with van der Waals surface area (Å²) in [6, 6.07) is 7.77. The van der Waals surface area contributed by atoms with Gasteiger partial charge in [-0.05, 0) is 28.6 Å². The molecule has 1 aromatic carbocycles. The Balaban J connectivity index is 1.77. The predicted molar refractivity (Wildman–Crippen MR) is 78.4 cm³/mol. The van der Waals surface area contributed by atoms with E-state index in [2.05, 4.69) is 38.0 Å². The molecule has 0 saturated carbocycles. The highest BCUT2D eigenvalue weighted by atomic mass is 79.9. The van der Waals surface area contributed by atoms with Crippen LogP contribution in [0.2, 0.25) is 0 Å². The second-order valence-corrected chi connectivity index (χ2v) is 5.56. The largest absolute Gasteiger partial charge is 0.493 e. The first-order valence-electron chi connectivity index (χ1n) is 5.68. The van der Waals surface area contributed by atoms with E-state index >= 15 is 0 Å². The highest BCUT2D eigenvalue weighted by Gasteiger charge is 2.05. The van der Waals surface area contributed by atoms with Gasteiger partial charge in [0, 0.05) is 10.2 Å². The topological polar surface area (TPSA) is 52.8 Å². The molecule has 0 N–H and O–H groups in total. The van der Waals surface area contributed by atoms with Crippen molar-refractivity contribution >= 4 is 27.7 Å². The zero-order chi connectivity index (χ0) is 13.5. The van der Waals surface area contributed by atoms with E-state index in [1.165, 1.54) is 0 Å². The van der Waals surface area contributed by atoms with Crippen LogP contribution in [0.4, 0.5) is 0 Å². The Kier molecular flexibility index (Phi) is 5.41. The fraction of sp³-hybridized carbons (Fsp3) is 0.250. The van der Waals surface area contributed by atoms with E-state index in [1.54, 1.807) is 22.5 Å². The molecule has 100 valence electrons. The molecular weight excluding hydrogens is 328 g/mol. The van der Waals surface area contributed by atoms with Gasteiger partial charge in [-0.15, -0.1) is 11.7 Å². The molecule has 0 radical (unpaired) electrons. The minimum absolute atomic E-state index is 0.599. The molecule has 0 saturated heterocycles. The Hall–Kier alpha value is -1.34. The number of thioether (sulfide) groups is 1. The van der Waals surface area contributed by atoms with Gasteiger partial charge in [0.15, 0.2) is 0 Å². The van der Waals surface area contributed by atoms with E-state index < -0.39 is 0 Å². The fourth-order valence-electron chi connectivity index (χ4n) is 1.39. The lowest BCUT2D eigenvalue weighted by Gasteiger charge is -2.06. The van der Waals surface area contributed by atoms with Crippen molar-refractivity contribution in [3.63, 3.8) is 0 Å². The van der Waals surface area contributed by atoms with Gasteiger partial charge >= 0.3 is 0 Å². The molecule has 0 aliphatic heterocycles. The molecule has 5 nitrogen and oxygen atoms in total. The number of hydrogen-bond donors (Lipinski definition) is 0. The average molecular weight is 341 g/mol. The predicted octanol–water partition coefficient (Wildman–Crippen LogP) is 2.79. The van der Waals surface area contributed by atoms with Crippen LogP contribution in [0.25, 0.3) is 0 Å². The minimum Gasteiger partial charge on any atom is -0.493 e. The lowest BCUT2D eigenvalue weighted by atomic mass is 10.3. The summed E-state index contributed by atoms with van der Waals surface area (Å²) in [6.07, 6.45) is 1.76. The summed E-state index contributed by atoms with van der Waals surface area (Å²) in [6.45, 7) is 4.88. The van der Waals surface area contributed by atoms with E-state index in [1.807, 2.05) is 24.3 Å². The van der Waals surface area contributed by atoms with Crippen LogP contribution < -0.4 is 4.74 Å². The number of allylic oxidation sites excluding steroid dienone is 1. The van der Waals surface area contributed by atoms with Crippen molar-refractivity contribution in [3.05, 3.63) is 41.4 Å². The van der Waals surface area contributed by atoms with Crippen molar-refractivity contribution in [2.24, 2.45) is 0 Å². The number of aromatic nitrogens is 4. The fourth-order valence-corrected chi connectivity index (χ4v) is 2.47. The molecule has 1 heterocycles. The van der Waals surface area contributed by atoms with Crippen LogP contribution in [-0.2, 0) is 6.54 Å². The van der Waals surface area contributed by atoms with Gasteiger partial charge in [-0.2, -0.15) is 0 Å². The van der Waals surface area contributed by atoms with Gasteiger partial charge in [0.2, 0.25) is 5.16 Å². The highest BCUT2D eigenvalue weighted by molar-refractivity contribution is 9.10. The van der Waals surface area contributed by atoms with Crippen molar-refractivity contribution in [2.45, 2.75) is 11.7 Å².